The van der Waals surface area contributed by atoms with Crippen molar-refractivity contribution >= 4 is 31.9 Å². The monoisotopic (exact) mass is 414 g/mol. The molecule has 0 aliphatic carbocycles. The van der Waals surface area contributed by atoms with Crippen molar-refractivity contribution in [2.75, 3.05) is 26.2 Å². The lowest BCUT2D eigenvalue weighted by molar-refractivity contribution is -0.136. The van der Waals surface area contributed by atoms with E-state index in [2.05, 4.69) is 22.9 Å². The standard InChI is InChI=1S/C17H23BrN2O3S/c1-13-5-4-9-19(11-13)17(21)14-8-10-20(12-14)24(22,23)16-7-3-2-6-15(16)18/h2-3,6-7,13-14H,4-5,8-12H2,1H3. The first-order valence-electron chi connectivity index (χ1n) is 8.43. The molecule has 0 bridgehead atoms. The normalized spacial score (nSPS) is 25.8. The van der Waals surface area contributed by atoms with Crippen LogP contribution in [0.4, 0.5) is 0 Å². The summed E-state index contributed by atoms with van der Waals surface area (Å²) < 4.78 is 27.7. The number of amides is 1. The second kappa shape index (κ2) is 7.14. The second-order valence-electron chi connectivity index (χ2n) is 6.81. The third-order valence-electron chi connectivity index (χ3n) is 4.92. The van der Waals surface area contributed by atoms with E-state index in [1.807, 2.05) is 4.90 Å². The zero-order valence-corrected chi connectivity index (χ0v) is 16.2. The van der Waals surface area contributed by atoms with Crippen molar-refractivity contribution in [2.24, 2.45) is 11.8 Å². The molecule has 2 fully saturated rings. The number of sulfonamides is 1. The molecule has 0 N–H and O–H groups in total. The zero-order chi connectivity index (χ0) is 17.3. The quantitative estimate of drug-likeness (QED) is 0.763. The lowest BCUT2D eigenvalue weighted by Crippen LogP contribution is -2.43. The molecule has 2 unspecified atom stereocenters. The van der Waals surface area contributed by atoms with Gasteiger partial charge in [-0.25, -0.2) is 8.42 Å². The fraction of sp³-hybridized carbons (Fsp3) is 0.588. The van der Waals surface area contributed by atoms with Crippen molar-refractivity contribution < 1.29 is 13.2 Å². The Hall–Kier alpha value is -0.920. The minimum atomic E-state index is -3.56. The Bertz CT molecular complexity index is 722. The van der Waals surface area contributed by atoms with Crippen LogP contribution in [-0.4, -0.2) is 49.7 Å². The van der Waals surface area contributed by atoms with Crippen LogP contribution < -0.4 is 0 Å². The van der Waals surface area contributed by atoms with E-state index in [4.69, 9.17) is 0 Å². The molecule has 0 radical (unpaired) electrons. The number of likely N-dealkylation sites (tertiary alicyclic amines) is 1. The summed E-state index contributed by atoms with van der Waals surface area (Å²) in [6.07, 6.45) is 2.81. The number of benzene rings is 1. The molecule has 2 aliphatic rings. The summed E-state index contributed by atoms with van der Waals surface area (Å²) in [5, 5.41) is 0. The first-order chi connectivity index (χ1) is 11.4. The fourth-order valence-corrected chi connectivity index (χ4v) is 6.05. The van der Waals surface area contributed by atoms with E-state index < -0.39 is 10.0 Å². The lowest BCUT2D eigenvalue weighted by Gasteiger charge is -2.32. The van der Waals surface area contributed by atoms with E-state index in [0.717, 1.165) is 25.9 Å². The Kier molecular flexibility index (Phi) is 5.32. The summed E-state index contributed by atoms with van der Waals surface area (Å²) in [5.41, 5.74) is 0. The molecule has 2 atom stereocenters. The molecule has 24 heavy (non-hydrogen) atoms. The maximum atomic E-state index is 12.8. The van der Waals surface area contributed by atoms with Crippen molar-refractivity contribution in [1.82, 2.24) is 9.21 Å². The lowest BCUT2D eigenvalue weighted by atomic mass is 9.98. The maximum Gasteiger partial charge on any atom is 0.244 e. The van der Waals surface area contributed by atoms with Gasteiger partial charge >= 0.3 is 0 Å². The molecule has 0 saturated carbocycles. The molecule has 2 aliphatic heterocycles. The van der Waals surface area contributed by atoms with Crippen LogP contribution in [0.3, 0.4) is 0 Å². The minimum absolute atomic E-state index is 0.117. The van der Waals surface area contributed by atoms with E-state index >= 15 is 0 Å². The van der Waals surface area contributed by atoms with Gasteiger partial charge in [0.25, 0.3) is 0 Å². The maximum absolute atomic E-state index is 12.8. The second-order valence-corrected chi connectivity index (χ2v) is 9.57. The number of hydrogen-bond donors (Lipinski definition) is 0. The van der Waals surface area contributed by atoms with Gasteiger partial charge in [-0.1, -0.05) is 19.1 Å². The minimum Gasteiger partial charge on any atom is -0.342 e. The summed E-state index contributed by atoms with van der Waals surface area (Å²) >= 11 is 3.31. The highest BCUT2D eigenvalue weighted by atomic mass is 79.9. The van der Waals surface area contributed by atoms with E-state index in [0.29, 0.717) is 23.4 Å². The molecule has 7 heteroatoms. The van der Waals surface area contributed by atoms with Gasteiger partial charge in [0.15, 0.2) is 0 Å². The number of nitrogens with zero attached hydrogens (tertiary/aromatic N) is 2. The third kappa shape index (κ3) is 3.53. The van der Waals surface area contributed by atoms with E-state index in [1.165, 1.54) is 4.31 Å². The molecule has 1 aromatic rings. The Morgan fingerprint density at radius 3 is 2.62 bits per heavy atom. The molecular formula is C17H23BrN2O3S. The Morgan fingerprint density at radius 2 is 1.92 bits per heavy atom. The molecule has 0 aromatic heterocycles. The van der Waals surface area contributed by atoms with Gasteiger partial charge in [-0.2, -0.15) is 4.31 Å². The van der Waals surface area contributed by atoms with E-state index in [9.17, 15) is 13.2 Å². The highest BCUT2D eigenvalue weighted by molar-refractivity contribution is 9.10. The van der Waals surface area contributed by atoms with E-state index in [-0.39, 0.29) is 23.3 Å². The third-order valence-corrected chi connectivity index (χ3v) is 7.80. The first kappa shape index (κ1) is 17.9. The predicted molar refractivity (Wildman–Crippen MR) is 96.0 cm³/mol. The summed E-state index contributed by atoms with van der Waals surface area (Å²) in [6.45, 7) is 4.46. The van der Waals surface area contributed by atoms with Gasteiger partial charge in [0.2, 0.25) is 15.9 Å². The first-order valence-corrected chi connectivity index (χ1v) is 10.7. The molecule has 0 spiro atoms. The largest absolute Gasteiger partial charge is 0.342 e. The summed E-state index contributed by atoms with van der Waals surface area (Å²) in [6, 6.07) is 6.82. The fourth-order valence-electron chi connectivity index (χ4n) is 3.59. The summed E-state index contributed by atoms with van der Waals surface area (Å²) in [5.74, 6) is 0.433. The Balaban J connectivity index is 1.71. The van der Waals surface area contributed by atoms with Gasteiger partial charge in [0, 0.05) is 30.7 Å². The Morgan fingerprint density at radius 1 is 1.17 bits per heavy atom. The molecule has 1 amide bonds. The zero-order valence-electron chi connectivity index (χ0n) is 13.8. The van der Waals surface area contributed by atoms with Crippen LogP contribution in [-0.2, 0) is 14.8 Å². The smallest absolute Gasteiger partial charge is 0.244 e. The average molecular weight is 415 g/mol. The van der Waals surface area contributed by atoms with Crippen LogP contribution in [0.2, 0.25) is 0 Å². The van der Waals surface area contributed by atoms with Crippen molar-refractivity contribution in [3.05, 3.63) is 28.7 Å². The van der Waals surface area contributed by atoms with E-state index in [1.54, 1.807) is 24.3 Å². The SMILES string of the molecule is CC1CCCN(C(=O)C2CCN(S(=O)(=O)c3ccccc3Br)C2)C1. The van der Waals surface area contributed by atoms with Crippen LogP contribution in [0.1, 0.15) is 26.2 Å². The molecule has 2 saturated heterocycles. The number of piperidine rings is 1. The van der Waals surface area contributed by atoms with Gasteiger partial charge in [-0.05, 0) is 53.2 Å². The highest BCUT2D eigenvalue weighted by Crippen LogP contribution is 2.30. The highest BCUT2D eigenvalue weighted by Gasteiger charge is 2.38. The van der Waals surface area contributed by atoms with Crippen molar-refractivity contribution in [3.63, 3.8) is 0 Å². The van der Waals surface area contributed by atoms with Crippen LogP contribution in [0.15, 0.2) is 33.6 Å². The molecule has 5 nitrogen and oxygen atoms in total. The number of carbonyl (C=O) groups excluding carboxylic acids is 1. The van der Waals surface area contributed by atoms with Gasteiger partial charge in [0.05, 0.1) is 10.8 Å². The predicted octanol–water partition coefficient (Wildman–Crippen LogP) is 2.72. The van der Waals surface area contributed by atoms with Crippen LogP contribution >= 0.6 is 15.9 Å². The van der Waals surface area contributed by atoms with Crippen molar-refractivity contribution in [2.45, 2.75) is 31.1 Å². The number of carbonyl (C=O) groups is 1. The van der Waals surface area contributed by atoms with Crippen LogP contribution in [0, 0.1) is 11.8 Å². The number of halogens is 1. The van der Waals surface area contributed by atoms with Crippen molar-refractivity contribution in [3.8, 4) is 0 Å². The summed E-state index contributed by atoms with van der Waals surface area (Å²) in [4.78, 5) is 14.9. The van der Waals surface area contributed by atoms with Crippen molar-refractivity contribution in [1.29, 1.82) is 0 Å². The van der Waals surface area contributed by atoms with Crippen LogP contribution in [0.5, 0.6) is 0 Å². The molecule has 2 heterocycles. The van der Waals surface area contributed by atoms with Crippen LogP contribution in [0.25, 0.3) is 0 Å². The molecule has 3 rings (SSSR count). The Labute approximate surface area is 152 Å². The molecular weight excluding hydrogens is 392 g/mol. The molecule has 132 valence electrons. The van der Waals surface area contributed by atoms with Gasteiger partial charge in [-0.3, -0.25) is 4.79 Å². The number of hydrogen-bond acceptors (Lipinski definition) is 3. The molecule has 1 aromatic carbocycles. The van der Waals surface area contributed by atoms with Gasteiger partial charge in [-0.15, -0.1) is 0 Å². The average Bonchev–Trinajstić information content (AvgIpc) is 3.05. The summed E-state index contributed by atoms with van der Waals surface area (Å²) in [7, 11) is -3.56. The number of rotatable bonds is 3. The topological polar surface area (TPSA) is 57.7 Å². The van der Waals surface area contributed by atoms with Gasteiger partial charge < -0.3 is 4.90 Å². The van der Waals surface area contributed by atoms with Gasteiger partial charge in [0.1, 0.15) is 0 Å².